The van der Waals surface area contributed by atoms with Crippen molar-refractivity contribution in [2.24, 2.45) is 0 Å². The molecule has 0 radical (unpaired) electrons. The van der Waals surface area contributed by atoms with Crippen LogP contribution in [0.3, 0.4) is 0 Å². The summed E-state index contributed by atoms with van der Waals surface area (Å²) in [5, 5.41) is 11.9. The SMILES string of the molecule is COc1cccc(C(C)(C)CNC(=O)c2cccc(C(=O)O)c2)c1. The van der Waals surface area contributed by atoms with Crippen molar-refractivity contribution < 1.29 is 19.4 Å². The Hall–Kier alpha value is -2.82. The molecule has 126 valence electrons. The highest BCUT2D eigenvalue weighted by molar-refractivity contribution is 5.97. The number of nitrogens with one attached hydrogen (secondary N) is 1. The molecule has 0 saturated heterocycles. The molecule has 2 aromatic rings. The molecule has 24 heavy (non-hydrogen) atoms. The zero-order chi connectivity index (χ0) is 17.7. The van der Waals surface area contributed by atoms with E-state index in [1.165, 1.54) is 12.1 Å². The molecule has 0 aliphatic carbocycles. The lowest BCUT2D eigenvalue weighted by Gasteiger charge is -2.26. The number of hydrogen-bond acceptors (Lipinski definition) is 3. The smallest absolute Gasteiger partial charge is 0.335 e. The first kappa shape index (κ1) is 17.5. The fourth-order valence-corrected chi connectivity index (χ4v) is 2.34. The molecule has 0 saturated carbocycles. The lowest BCUT2D eigenvalue weighted by molar-refractivity contribution is 0.0697. The van der Waals surface area contributed by atoms with Gasteiger partial charge in [-0.2, -0.15) is 0 Å². The Kier molecular flexibility index (Phi) is 5.24. The van der Waals surface area contributed by atoms with Crippen molar-refractivity contribution in [2.45, 2.75) is 19.3 Å². The molecule has 1 amide bonds. The Bertz CT molecular complexity index is 753. The first-order valence-electron chi connectivity index (χ1n) is 7.59. The third-order valence-corrected chi connectivity index (χ3v) is 3.91. The number of ether oxygens (including phenoxy) is 1. The number of methoxy groups -OCH3 is 1. The summed E-state index contributed by atoms with van der Waals surface area (Å²) in [5.74, 6) is -0.587. The van der Waals surface area contributed by atoms with Crippen molar-refractivity contribution in [1.82, 2.24) is 5.32 Å². The monoisotopic (exact) mass is 327 g/mol. The standard InChI is InChI=1S/C19H21NO4/c1-19(2,15-8-5-9-16(11-15)24-3)12-20-17(21)13-6-4-7-14(10-13)18(22)23/h4-11H,12H2,1-3H3,(H,20,21)(H,22,23). The van der Waals surface area contributed by atoms with Gasteiger partial charge in [-0.3, -0.25) is 4.79 Å². The maximum Gasteiger partial charge on any atom is 0.335 e. The molecule has 0 spiro atoms. The van der Waals surface area contributed by atoms with Crippen LogP contribution in [-0.4, -0.2) is 30.6 Å². The number of carbonyl (C=O) groups excluding carboxylic acids is 1. The van der Waals surface area contributed by atoms with Gasteiger partial charge < -0.3 is 15.2 Å². The van der Waals surface area contributed by atoms with Gasteiger partial charge in [0, 0.05) is 17.5 Å². The van der Waals surface area contributed by atoms with Crippen LogP contribution in [-0.2, 0) is 5.41 Å². The Labute approximate surface area is 141 Å². The van der Waals surface area contributed by atoms with Gasteiger partial charge in [0.25, 0.3) is 5.91 Å². The molecular formula is C19H21NO4. The van der Waals surface area contributed by atoms with Gasteiger partial charge in [-0.05, 0) is 35.9 Å². The van der Waals surface area contributed by atoms with E-state index in [0.717, 1.165) is 11.3 Å². The summed E-state index contributed by atoms with van der Waals surface area (Å²) < 4.78 is 5.24. The molecule has 0 aliphatic heterocycles. The molecule has 0 fully saturated rings. The van der Waals surface area contributed by atoms with Crippen LogP contribution in [0.2, 0.25) is 0 Å². The first-order chi connectivity index (χ1) is 11.3. The molecule has 2 rings (SSSR count). The Morgan fingerprint density at radius 1 is 1.08 bits per heavy atom. The van der Waals surface area contributed by atoms with Crippen molar-refractivity contribution in [1.29, 1.82) is 0 Å². The average molecular weight is 327 g/mol. The average Bonchev–Trinajstić information content (AvgIpc) is 2.59. The molecule has 0 aliphatic rings. The lowest BCUT2D eigenvalue weighted by atomic mass is 9.84. The number of benzene rings is 2. The van der Waals surface area contributed by atoms with Crippen LogP contribution in [0.5, 0.6) is 5.75 Å². The number of carboxylic acid groups (broad SMARTS) is 1. The zero-order valence-corrected chi connectivity index (χ0v) is 14.0. The van der Waals surface area contributed by atoms with Crippen molar-refractivity contribution in [3.05, 3.63) is 65.2 Å². The van der Waals surface area contributed by atoms with E-state index in [0.29, 0.717) is 12.1 Å². The summed E-state index contributed by atoms with van der Waals surface area (Å²) >= 11 is 0. The maximum atomic E-state index is 12.3. The Balaban J connectivity index is 2.09. The van der Waals surface area contributed by atoms with Gasteiger partial charge in [0.15, 0.2) is 0 Å². The predicted octanol–water partition coefficient (Wildman–Crippen LogP) is 3.10. The number of rotatable bonds is 6. The van der Waals surface area contributed by atoms with Crippen molar-refractivity contribution in [2.75, 3.05) is 13.7 Å². The molecule has 0 atom stereocenters. The molecule has 2 aromatic carbocycles. The second-order valence-corrected chi connectivity index (χ2v) is 6.18. The van der Waals surface area contributed by atoms with Crippen LogP contribution in [0.1, 0.15) is 40.1 Å². The number of carbonyl (C=O) groups is 2. The largest absolute Gasteiger partial charge is 0.497 e. The summed E-state index contributed by atoms with van der Waals surface area (Å²) in [6.45, 7) is 4.46. The van der Waals surface area contributed by atoms with Gasteiger partial charge in [-0.15, -0.1) is 0 Å². The van der Waals surface area contributed by atoms with Crippen LogP contribution in [0.15, 0.2) is 48.5 Å². The zero-order valence-electron chi connectivity index (χ0n) is 14.0. The molecule has 0 bridgehead atoms. The first-order valence-corrected chi connectivity index (χ1v) is 7.59. The predicted molar refractivity (Wildman–Crippen MR) is 91.8 cm³/mol. The van der Waals surface area contributed by atoms with Crippen LogP contribution in [0, 0.1) is 0 Å². The minimum Gasteiger partial charge on any atom is -0.497 e. The van der Waals surface area contributed by atoms with Gasteiger partial charge in [0.05, 0.1) is 12.7 Å². The van der Waals surface area contributed by atoms with Crippen molar-refractivity contribution in [3.8, 4) is 5.75 Å². The van der Waals surface area contributed by atoms with E-state index in [9.17, 15) is 9.59 Å². The minimum atomic E-state index is -1.05. The van der Waals surface area contributed by atoms with E-state index in [2.05, 4.69) is 5.32 Å². The van der Waals surface area contributed by atoms with Gasteiger partial charge in [-0.25, -0.2) is 4.79 Å². The summed E-state index contributed by atoms with van der Waals surface area (Å²) in [4.78, 5) is 23.3. The Morgan fingerprint density at radius 3 is 2.42 bits per heavy atom. The van der Waals surface area contributed by atoms with E-state index in [1.807, 2.05) is 38.1 Å². The van der Waals surface area contributed by atoms with E-state index in [1.54, 1.807) is 19.2 Å². The summed E-state index contributed by atoms with van der Waals surface area (Å²) in [6.07, 6.45) is 0. The third kappa shape index (κ3) is 4.13. The molecule has 0 heterocycles. The van der Waals surface area contributed by atoms with Crippen molar-refractivity contribution >= 4 is 11.9 Å². The number of amides is 1. The fourth-order valence-electron chi connectivity index (χ4n) is 2.34. The van der Waals surface area contributed by atoms with Gasteiger partial charge >= 0.3 is 5.97 Å². The fraction of sp³-hybridized carbons (Fsp3) is 0.263. The van der Waals surface area contributed by atoms with Crippen LogP contribution < -0.4 is 10.1 Å². The molecule has 5 nitrogen and oxygen atoms in total. The van der Waals surface area contributed by atoms with Gasteiger partial charge in [-0.1, -0.05) is 32.0 Å². The molecule has 0 unspecified atom stereocenters. The second-order valence-electron chi connectivity index (χ2n) is 6.18. The van der Waals surface area contributed by atoms with Crippen LogP contribution in [0.4, 0.5) is 0 Å². The quantitative estimate of drug-likeness (QED) is 0.855. The van der Waals surface area contributed by atoms with E-state index in [-0.39, 0.29) is 16.9 Å². The highest BCUT2D eigenvalue weighted by Crippen LogP contribution is 2.25. The topological polar surface area (TPSA) is 75.6 Å². The van der Waals surface area contributed by atoms with Crippen LogP contribution in [0.25, 0.3) is 0 Å². The third-order valence-electron chi connectivity index (χ3n) is 3.91. The number of aromatic carboxylic acids is 1. The summed E-state index contributed by atoms with van der Waals surface area (Å²) in [6, 6.07) is 13.7. The highest BCUT2D eigenvalue weighted by Gasteiger charge is 2.22. The minimum absolute atomic E-state index is 0.0923. The molecular weight excluding hydrogens is 306 g/mol. The van der Waals surface area contributed by atoms with Crippen LogP contribution >= 0.6 is 0 Å². The number of carboxylic acids is 1. The van der Waals surface area contributed by atoms with E-state index in [4.69, 9.17) is 9.84 Å². The second kappa shape index (κ2) is 7.17. The van der Waals surface area contributed by atoms with E-state index < -0.39 is 5.97 Å². The lowest BCUT2D eigenvalue weighted by Crippen LogP contribution is -2.36. The van der Waals surface area contributed by atoms with Gasteiger partial charge in [0.2, 0.25) is 0 Å². The van der Waals surface area contributed by atoms with Gasteiger partial charge in [0.1, 0.15) is 5.75 Å². The summed E-state index contributed by atoms with van der Waals surface area (Å²) in [7, 11) is 1.61. The molecule has 0 aromatic heterocycles. The maximum absolute atomic E-state index is 12.3. The van der Waals surface area contributed by atoms with E-state index >= 15 is 0 Å². The normalized spacial score (nSPS) is 11.0. The Morgan fingerprint density at radius 2 is 1.75 bits per heavy atom. The van der Waals surface area contributed by atoms with Crippen molar-refractivity contribution in [3.63, 3.8) is 0 Å². The molecule has 5 heteroatoms. The molecule has 2 N–H and O–H groups in total. The summed E-state index contributed by atoms with van der Waals surface area (Å²) in [5.41, 5.74) is 1.17. The highest BCUT2D eigenvalue weighted by atomic mass is 16.5. The number of hydrogen-bond donors (Lipinski definition) is 2.